The van der Waals surface area contributed by atoms with Gasteiger partial charge in [0.05, 0.1) is 10.0 Å². The van der Waals surface area contributed by atoms with Crippen LogP contribution in [0.2, 0.25) is 8.67 Å². The van der Waals surface area contributed by atoms with Crippen LogP contribution in [0.5, 0.6) is 0 Å². The molecule has 0 aliphatic carbocycles. The minimum Gasteiger partial charge on any atom is -0.231 e. The molecule has 0 atom stereocenters. The van der Waals surface area contributed by atoms with Gasteiger partial charge in [0.1, 0.15) is 4.34 Å². The molecular formula is C15H9BrCl2N2S2. The topological polar surface area (TPSA) is 25.8 Å². The predicted molar refractivity (Wildman–Crippen MR) is 99.1 cm³/mol. The van der Waals surface area contributed by atoms with Gasteiger partial charge in [0.2, 0.25) is 0 Å². The normalized spacial score (nSPS) is 10.9. The molecule has 2 heterocycles. The van der Waals surface area contributed by atoms with Crippen LogP contribution in [0, 0.1) is 0 Å². The zero-order valence-electron chi connectivity index (χ0n) is 11.1. The summed E-state index contributed by atoms with van der Waals surface area (Å²) in [6, 6.07) is 11.9. The molecule has 2 aromatic heterocycles. The summed E-state index contributed by atoms with van der Waals surface area (Å²) in [5, 5.41) is 0.721. The molecular weight excluding hydrogens is 423 g/mol. The lowest BCUT2D eigenvalue weighted by Gasteiger charge is -2.03. The molecule has 22 heavy (non-hydrogen) atoms. The highest BCUT2D eigenvalue weighted by Gasteiger charge is 2.11. The number of aromatic nitrogens is 2. The highest BCUT2D eigenvalue weighted by atomic mass is 79.9. The predicted octanol–water partition coefficient (Wildman–Crippen LogP) is 6.57. The molecule has 0 radical (unpaired) electrons. The van der Waals surface area contributed by atoms with Crippen molar-refractivity contribution in [2.75, 3.05) is 0 Å². The Balaban J connectivity index is 1.76. The van der Waals surface area contributed by atoms with E-state index in [2.05, 4.69) is 38.0 Å². The van der Waals surface area contributed by atoms with Crippen LogP contribution in [0.25, 0.3) is 11.3 Å². The summed E-state index contributed by atoms with van der Waals surface area (Å²) in [5.41, 5.74) is 2.87. The lowest BCUT2D eigenvalue weighted by atomic mass is 10.2. The Kier molecular flexibility index (Phi) is 5.42. The monoisotopic (exact) mass is 430 g/mol. The van der Waals surface area contributed by atoms with Crippen molar-refractivity contribution in [3.63, 3.8) is 0 Å². The van der Waals surface area contributed by atoms with Crippen LogP contribution in [-0.2, 0) is 5.75 Å². The average molecular weight is 432 g/mol. The first-order chi connectivity index (χ1) is 10.6. The first-order valence-corrected chi connectivity index (χ1v) is 9.62. The van der Waals surface area contributed by atoms with Gasteiger partial charge in [-0.1, -0.05) is 63.0 Å². The molecule has 0 amide bonds. The highest BCUT2D eigenvalue weighted by Crippen LogP contribution is 2.37. The second kappa shape index (κ2) is 7.32. The number of thioether (sulfide) groups is 1. The van der Waals surface area contributed by atoms with Crippen LogP contribution >= 0.6 is 62.2 Å². The average Bonchev–Trinajstić information content (AvgIpc) is 2.86. The van der Waals surface area contributed by atoms with Gasteiger partial charge in [0.15, 0.2) is 5.16 Å². The molecule has 3 rings (SSSR count). The van der Waals surface area contributed by atoms with Crippen LogP contribution in [-0.4, -0.2) is 9.97 Å². The van der Waals surface area contributed by atoms with E-state index in [-0.39, 0.29) is 0 Å². The van der Waals surface area contributed by atoms with Crippen LogP contribution in [0.15, 0.2) is 52.2 Å². The number of nitrogens with zero attached hydrogens (tertiary/aromatic N) is 2. The van der Waals surface area contributed by atoms with Crippen molar-refractivity contribution in [2.45, 2.75) is 10.9 Å². The summed E-state index contributed by atoms with van der Waals surface area (Å²) >= 11 is 18.5. The van der Waals surface area contributed by atoms with E-state index in [0.717, 1.165) is 26.6 Å². The van der Waals surface area contributed by atoms with Crippen LogP contribution < -0.4 is 0 Å². The van der Waals surface area contributed by atoms with Gasteiger partial charge < -0.3 is 0 Å². The van der Waals surface area contributed by atoms with E-state index in [4.69, 9.17) is 23.2 Å². The fourth-order valence-electron chi connectivity index (χ4n) is 1.80. The van der Waals surface area contributed by atoms with Crippen LogP contribution in [0.4, 0.5) is 0 Å². The Labute approximate surface area is 155 Å². The van der Waals surface area contributed by atoms with Gasteiger partial charge in [-0.05, 0) is 29.8 Å². The molecule has 3 aromatic rings. The standard InChI is InChI=1S/C15H9BrCl2N2S2/c16-10-3-1-9(2-4-10)8-21-15-19-6-5-12(20-15)11-7-13(17)22-14(11)18/h1-7H,8H2. The molecule has 7 heteroatoms. The Morgan fingerprint density at radius 2 is 1.91 bits per heavy atom. The smallest absolute Gasteiger partial charge is 0.188 e. The van der Waals surface area contributed by atoms with Crippen molar-refractivity contribution in [2.24, 2.45) is 0 Å². The fraction of sp³-hybridized carbons (Fsp3) is 0.0667. The fourth-order valence-corrected chi connectivity index (χ4v) is 4.34. The number of hydrogen-bond acceptors (Lipinski definition) is 4. The Hall–Kier alpha value is -0.590. The maximum atomic E-state index is 6.18. The summed E-state index contributed by atoms with van der Waals surface area (Å²) in [4.78, 5) is 8.86. The molecule has 1 aromatic carbocycles. The number of rotatable bonds is 4. The first kappa shape index (κ1) is 16.3. The zero-order chi connectivity index (χ0) is 15.5. The van der Waals surface area contributed by atoms with Crippen molar-refractivity contribution < 1.29 is 0 Å². The van der Waals surface area contributed by atoms with Crippen molar-refractivity contribution in [3.05, 3.63) is 61.3 Å². The molecule has 112 valence electrons. The first-order valence-electron chi connectivity index (χ1n) is 6.27. The van der Waals surface area contributed by atoms with Gasteiger partial charge in [-0.25, -0.2) is 9.97 Å². The number of halogens is 3. The van der Waals surface area contributed by atoms with Crippen molar-refractivity contribution >= 4 is 62.2 Å². The molecule has 0 fully saturated rings. The van der Waals surface area contributed by atoms with E-state index in [0.29, 0.717) is 8.67 Å². The molecule has 0 spiro atoms. The lowest BCUT2D eigenvalue weighted by molar-refractivity contribution is 0.973. The van der Waals surface area contributed by atoms with Gasteiger partial charge in [-0.2, -0.15) is 0 Å². The van der Waals surface area contributed by atoms with Crippen molar-refractivity contribution in [3.8, 4) is 11.3 Å². The molecule has 0 aliphatic rings. The number of thiophene rings is 1. The highest BCUT2D eigenvalue weighted by molar-refractivity contribution is 9.10. The van der Waals surface area contributed by atoms with Gasteiger partial charge >= 0.3 is 0 Å². The van der Waals surface area contributed by atoms with E-state index in [1.807, 2.05) is 24.3 Å². The van der Waals surface area contributed by atoms with E-state index in [1.165, 1.54) is 16.9 Å². The quantitative estimate of drug-likeness (QED) is 0.345. The minimum absolute atomic E-state index is 0.646. The minimum atomic E-state index is 0.646. The third-order valence-corrected chi connectivity index (χ3v) is 5.80. The summed E-state index contributed by atoms with van der Waals surface area (Å²) in [5.74, 6) is 0.814. The van der Waals surface area contributed by atoms with Crippen molar-refractivity contribution in [1.29, 1.82) is 0 Å². The van der Waals surface area contributed by atoms with Crippen LogP contribution in [0.1, 0.15) is 5.56 Å². The molecule has 0 N–H and O–H groups in total. The van der Waals surface area contributed by atoms with Crippen molar-refractivity contribution in [1.82, 2.24) is 9.97 Å². The number of hydrogen-bond donors (Lipinski definition) is 0. The zero-order valence-corrected chi connectivity index (χ0v) is 15.8. The van der Waals surface area contributed by atoms with Crippen LogP contribution in [0.3, 0.4) is 0 Å². The van der Waals surface area contributed by atoms with E-state index < -0.39 is 0 Å². The summed E-state index contributed by atoms with van der Waals surface area (Å²) in [6.45, 7) is 0. The number of benzene rings is 1. The Bertz CT molecular complexity index is 790. The maximum absolute atomic E-state index is 6.18. The molecule has 0 aliphatic heterocycles. The molecule has 0 saturated heterocycles. The summed E-state index contributed by atoms with van der Waals surface area (Å²) < 4.78 is 2.37. The maximum Gasteiger partial charge on any atom is 0.188 e. The molecule has 2 nitrogen and oxygen atoms in total. The summed E-state index contributed by atoms with van der Waals surface area (Å²) in [7, 11) is 0. The molecule has 0 unspecified atom stereocenters. The second-order valence-electron chi connectivity index (χ2n) is 4.38. The summed E-state index contributed by atoms with van der Waals surface area (Å²) in [6.07, 6.45) is 1.74. The third kappa shape index (κ3) is 4.03. The van der Waals surface area contributed by atoms with Gasteiger partial charge in [0, 0.05) is 22.0 Å². The molecule has 0 bridgehead atoms. The van der Waals surface area contributed by atoms with E-state index >= 15 is 0 Å². The molecule has 0 saturated carbocycles. The van der Waals surface area contributed by atoms with Gasteiger partial charge in [0.25, 0.3) is 0 Å². The second-order valence-corrected chi connectivity index (χ2v) is 8.52. The lowest BCUT2D eigenvalue weighted by Crippen LogP contribution is -1.90. The van der Waals surface area contributed by atoms with E-state index in [9.17, 15) is 0 Å². The third-order valence-electron chi connectivity index (χ3n) is 2.85. The largest absolute Gasteiger partial charge is 0.231 e. The SMILES string of the molecule is Clc1cc(-c2ccnc(SCc3ccc(Br)cc3)n2)c(Cl)s1. The Morgan fingerprint density at radius 3 is 2.59 bits per heavy atom. The van der Waals surface area contributed by atoms with E-state index in [1.54, 1.807) is 18.0 Å². The van der Waals surface area contributed by atoms with Gasteiger partial charge in [-0.15, -0.1) is 11.3 Å². The Morgan fingerprint density at radius 1 is 1.14 bits per heavy atom. The van der Waals surface area contributed by atoms with Gasteiger partial charge in [-0.3, -0.25) is 0 Å².